The monoisotopic (exact) mass is 395 g/mol. The molecule has 26 heavy (non-hydrogen) atoms. The SMILES string of the molecule is COC(=O)C1c2ccsc2CCN1S(=O)(=O)c1ccc2c(c1)OCCO2. The van der Waals surface area contributed by atoms with Gasteiger partial charge in [-0.1, -0.05) is 0 Å². The van der Waals surface area contributed by atoms with Gasteiger partial charge in [-0.2, -0.15) is 4.31 Å². The largest absolute Gasteiger partial charge is 0.486 e. The fourth-order valence-electron chi connectivity index (χ4n) is 3.23. The first-order valence-electron chi connectivity index (χ1n) is 8.08. The Hall–Kier alpha value is -2.10. The third-order valence-corrected chi connectivity index (χ3v) is 7.32. The van der Waals surface area contributed by atoms with E-state index >= 15 is 0 Å². The van der Waals surface area contributed by atoms with Crippen LogP contribution in [0.1, 0.15) is 16.5 Å². The summed E-state index contributed by atoms with van der Waals surface area (Å²) in [6, 6.07) is 5.30. The number of hydrogen-bond donors (Lipinski definition) is 0. The predicted molar refractivity (Wildman–Crippen MR) is 94.1 cm³/mol. The quantitative estimate of drug-likeness (QED) is 0.739. The molecule has 0 bridgehead atoms. The highest BCUT2D eigenvalue weighted by atomic mass is 32.2. The van der Waals surface area contributed by atoms with Crippen LogP contribution in [0.5, 0.6) is 11.5 Å². The Kier molecular flexibility index (Phi) is 4.37. The van der Waals surface area contributed by atoms with Crippen LogP contribution in [0.2, 0.25) is 0 Å². The van der Waals surface area contributed by atoms with Crippen molar-refractivity contribution in [2.75, 3.05) is 26.9 Å². The summed E-state index contributed by atoms with van der Waals surface area (Å²) >= 11 is 1.52. The van der Waals surface area contributed by atoms with E-state index in [4.69, 9.17) is 14.2 Å². The van der Waals surface area contributed by atoms with Gasteiger partial charge in [-0.25, -0.2) is 13.2 Å². The molecular weight excluding hydrogens is 378 g/mol. The highest BCUT2D eigenvalue weighted by Gasteiger charge is 2.42. The second-order valence-electron chi connectivity index (χ2n) is 5.90. The van der Waals surface area contributed by atoms with Crippen molar-refractivity contribution in [1.82, 2.24) is 4.31 Å². The maximum atomic E-state index is 13.3. The topological polar surface area (TPSA) is 82.1 Å². The van der Waals surface area contributed by atoms with Crippen molar-refractivity contribution < 1.29 is 27.4 Å². The molecule has 1 atom stereocenters. The van der Waals surface area contributed by atoms with E-state index in [1.807, 2.05) is 5.38 Å². The number of fused-ring (bicyclic) bond motifs is 2. The van der Waals surface area contributed by atoms with Crippen molar-refractivity contribution in [2.24, 2.45) is 0 Å². The van der Waals surface area contributed by atoms with E-state index in [0.717, 1.165) is 4.88 Å². The minimum atomic E-state index is -3.92. The Morgan fingerprint density at radius 3 is 2.77 bits per heavy atom. The lowest BCUT2D eigenvalue weighted by atomic mass is 10.0. The molecule has 0 radical (unpaired) electrons. The number of carbonyl (C=O) groups is 1. The number of nitrogens with zero attached hydrogens (tertiary/aromatic N) is 1. The minimum Gasteiger partial charge on any atom is -0.486 e. The molecule has 4 rings (SSSR count). The summed E-state index contributed by atoms with van der Waals surface area (Å²) in [6.07, 6.45) is 0.560. The summed E-state index contributed by atoms with van der Waals surface area (Å²) in [5.74, 6) is 0.309. The van der Waals surface area contributed by atoms with E-state index in [-0.39, 0.29) is 11.4 Å². The number of hydrogen-bond acceptors (Lipinski definition) is 7. The highest BCUT2D eigenvalue weighted by molar-refractivity contribution is 7.89. The number of rotatable bonds is 3. The number of esters is 1. The Labute approximate surface area is 155 Å². The van der Waals surface area contributed by atoms with Gasteiger partial charge in [0.2, 0.25) is 10.0 Å². The zero-order valence-electron chi connectivity index (χ0n) is 14.0. The normalized spacial score (nSPS) is 19.7. The number of carbonyl (C=O) groups excluding carboxylic acids is 1. The standard InChI is InChI=1S/C17H17NO6S2/c1-22-17(19)16-12-5-9-25-15(12)4-6-18(16)26(20,21)11-2-3-13-14(10-11)24-8-7-23-13/h2-3,5,9-10,16H,4,6-8H2,1H3. The zero-order chi connectivity index (χ0) is 18.3. The minimum absolute atomic E-state index is 0.0642. The molecule has 1 aromatic carbocycles. The van der Waals surface area contributed by atoms with Gasteiger partial charge in [-0.05, 0) is 35.6 Å². The molecule has 2 aliphatic rings. The Morgan fingerprint density at radius 1 is 1.23 bits per heavy atom. The molecule has 3 heterocycles. The fraction of sp³-hybridized carbons (Fsp3) is 0.353. The maximum Gasteiger partial charge on any atom is 0.328 e. The van der Waals surface area contributed by atoms with Crippen molar-refractivity contribution >= 4 is 27.3 Å². The lowest BCUT2D eigenvalue weighted by Crippen LogP contribution is -2.43. The smallest absolute Gasteiger partial charge is 0.328 e. The van der Waals surface area contributed by atoms with Crippen molar-refractivity contribution in [1.29, 1.82) is 0 Å². The van der Waals surface area contributed by atoms with Crippen LogP contribution < -0.4 is 9.47 Å². The van der Waals surface area contributed by atoms with Crippen LogP contribution in [0.15, 0.2) is 34.5 Å². The van der Waals surface area contributed by atoms with Gasteiger partial charge in [0, 0.05) is 17.5 Å². The third-order valence-electron chi connectivity index (χ3n) is 4.47. The number of benzene rings is 1. The first-order chi connectivity index (χ1) is 12.5. The van der Waals surface area contributed by atoms with E-state index in [0.29, 0.717) is 36.7 Å². The summed E-state index contributed by atoms with van der Waals surface area (Å²) < 4.78 is 43.5. The molecule has 1 aromatic heterocycles. The Morgan fingerprint density at radius 2 is 2.00 bits per heavy atom. The van der Waals surface area contributed by atoms with Gasteiger partial charge in [0.1, 0.15) is 19.3 Å². The summed E-state index contributed by atoms with van der Waals surface area (Å²) in [6.45, 7) is 1.00. The molecule has 7 nitrogen and oxygen atoms in total. The second-order valence-corrected chi connectivity index (χ2v) is 8.79. The molecular formula is C17H17NO6S2. The summed E-state index contributed by atoms with van der Waals surface area (Å²) in [5, 5.41) is 1.86. The van der Waals surface area contributed by atoms with Gasteiger partial charge < -0.3 is 14.2 Å². The zero-order valence-corrected chi connectivity index (χ0v) is 15.6. The molecule has 138 valence electrons. The molecule has 0 saturated heterocycles. The fourth-order valence-corrected chi connectivity index (χ4v) is 5.71. The van der Waals surface area contributed by atoms with Crippen LogP contribution in [-0.4, -0.2) is 45.6 Å². The van der Waals surface area contributed by atoms with Crippen LogP contribution in [-0.2, 0) is 26.0 Å². The number of methoxy groups -OCH3 is 1. The molecule has 0 amide bonds. The summed E-state index contributed by atoms with van der Waals surface area (Å²) in [4.78, 5) is 13.5. The van der Waals surface area contributed by atoms with E-state index in [9.17, 15) is 13.2 Å². The van der Waals surface area contributed by atoms with Gasteiger partial charge in [0.25, 0.3) is 0 Å². The Balaban J connectivity index is 1.76. The molecule has 0 aliphatic carbocycles. The van der Waals surface area contributed by atoms with Crippen molar-refractivity contribution in [3.63, 3.8) is 0 Å². The van der Waals surface area contributed by atoms with Gasteiger partial charge in [-0.15, -0.1) is 11.3 Å². The lowest BCUT2D eigenvalue weighted by molar-refractivity contribution is -0.145. The van der Waals surface area contributed by atoms with Crippen molar-refractivity contribution in [2.45, 2.75) is 17.4 Å². The van der Waals surface area contributed by atoms with E-state index < -0.39 is 22.0 Å². The third kappa shape index (κ3) is 2.76. The molecule has 1 unspecified atom stereocenters. The van der Waals surface area contributed by atoms with Gasteiger partial charge in [0.05, 0.1) is 12.0 Å². The van der Waals surface area contributed by atoms with Gasteiger partial charge in [0.15, 0.2) is 11.5 Å². The van der Waals surface area contributed by atoms with E-state index in [2.05, 4.69) is 0 Å². The van der Waals surface area contributed by atoms with Crippen molar-refractivity contribution in [3.8, 4) is 11.5 Å². The number of sulfonamides is 1. The first kappa shape index (κ1) is 17.3. The predicted octanol–water partition coefficient (Wildman–Crippen LogP) is 1.98. The maximum absolute atomic E-state index is 13.3. The van der Waals surface area contributed by atoms with E-state index in [1.165, 1.54) is 34.9 Å². The first-order valence-corrected chi connectivity index (χ1v) is 10.4. The number of ether oxygens (including phenoxy) is 3. The molecule has 0 N–H and O–H groups in total. The average molecular weight is 395 g/mol. The lowest BCUT2D eigenvalue weighted by Gasteiger charge is -2.33. The highest BCUT2D eigenvalue weighted by Crippen LogP contribution is 2.39. The number of thiophene rings is 1. The summed E-state index contributed by atoms with van der Waals surface area (Å²) in [5.41, 5.74) is 0.689. The van der Waals surface area contributed by atoms with Crippen LogP contribution in [0.3, 0.4) is 0 Å². The van der Waals surface area contributed by atoms with Crippen LogP contribution in [0.4, 0.5) is 0 Å². The molecule has 9 heteroatoms. The molecule has 0 fully saturated rings. The second kappa shape index (κ2) is 6.57. The van der Waals surface area contributed by atoms with Gasteiger partial charge in [-0.3, -0.25) is 0 Å². The molecule has 2 aromatic rings. The summed E-state index contributed by atoms with van der Waals surface area (Å²) in [7, 11) is -2.66. The molecule has 0 saturated carbocycles. The van der Waals surface area contributed by atoms with Crippen LogP contribution in [0, 0.1) is 0 Å². The molecule has 2 aliphatic heterocycles. The Bertz CT molecular complexity index is 952. The average Bonchev–Trinajstić information content (AvgIpc) is 3.15. The van der Waals surface area contributed by atoms with E-state index in [1.54, 1.807) is 12.1 Å². The van der Waals surface area contributed by atoms with Crippen molar-refractivity contribution in [3.05, 3.63) is 40.1 Å². The van der Waals surface area contributed by atoms with Gasteiger partial charge >= 0.3 is 5.97 Å². The molecule has 0 spiro atoms. The van der Waals surface area contributed by atoms with Crippen LogP contribution in [0.25, 0.3) is 0 Å². The van der Waals surface area contributed by atoms with Crippen LogP contribution >= 0.6 is 11.3 Å².